The van der Waals surface area contributed by atoms with Crippen LogP contribution in [-0.4, -0.2) is 18.5 Å². The fraction of sp³-hybridized carbons (Fsp3) is 0.115. The number of carbonyl (C=O) groups excluding carboxylic acids is 2. The van der Waals surface area contributed by atoms with Crippen LogP contribution in [0.3, 0.4) is 0 Å². The van der Waals surface area contributed by atoms with Crippen LogP contribution in [0.2, 0.25) is 10.0 Å². The van der Waals surface area contributed by atoms with Gasteiger partial charge in [-0.15, -0.1) is 0 Å². The van der Waals surface area contributed by atoms with Crippen molar-refractivity contribution in [2.24, 2.45) is 0 Å². The maximum Gasteiger partial charge on any atom is 0.338 e. The number of nitrogens with zero attached hydrogens (tertiary/aromatic N) is 1. The van der Waals surface area contributed by atoms with Crippen molar-refractivity contribution in [2.45, 2.75) is 13.5 Å². The maximum atomic E-state index is 13.3. The molecule has 0 aliphatic carbocycles. The Morgan fingerprint density at radius 1 is 1.09 bits per heavy atom. The summed E-state index contributed by atoms with van der Waals surface area (Å²) in [6.45, 7) is 2.01. The van der Waals surface area contributed by atoms with Crippen LogP contribution in [0.25, 0.3) is 6.08 Å². The fourth-order valence-corrected chi connectivity index (χ4v) is 3.61. The second kappa shape index (κ2) is 12.0. The molecule has 0 heterocycles. The largest absolute Gasteiger partial charge is 0.486 e. The molecule has 178 valence electrons. The average Bonchev–Trinajstić information content (AvgIpc) is 2.82. The molecule has 9 heteroatoms. The topological polar surface area (TPSA) is 88.4 Å². The van der Waals surface area contributed by atoms with E-state index < -0.39 is 11.9 Å². The standard InChI is InChI=1S/C26H19Cl2FN2O4/c1-2-34-26(33)18-6-8-21(9-7-18)31-25(32)19(14-30)10-17-12-22(27)24(23(28)13-17)35-15-16-4-3-5-20(29)11-16/h3-13H,2,15H2,1H3,(H,31,32)/b19-10+. The van der Waals surface area contributed by atoms with Gasteiger partial charge in [0.25, 0.3) is 5.91 Å². The molecular weight excluding hydrogens is 494 g/mol. The summed E-state index contributed by atoms with van der Waals surface area (Å²) in [6.07, 6.45) is 1.33. The molecule has 0 unspecified atom stereocenters. The Bertz CT molecular complexity index is 1290. The first-order valence-corrected chi connectivity index (χ1v) is 11.1. The Hall–Kier alpha value is -3.86. The minimum atomic E-state index is -0.657. The summed E-state index contributed by atoms with van der Waals surface area (Å²) in [7, 11) is 0. The van der Waals surface area contributed by atoms with Gasteiger partial charge in [-0.1, -0.05) is 35.3 Å². The second-order valence-electron chi connectivity index (χ2n) is 7.15. The maximum absolute atomic E-state index is 13.3. The molecule has 0 bridgehead atoms. The van der Waals surface area contributed by atoms with Crippen LogP contribution in [0, 0.1) is 17.1 Å². The lowest BCUT2D eigenvalue weighted by molar-refractivity contribution is -0.112. The molecular formula is C26H19Cl2FN2O4. The first-order valence-electron chi connectivity index (χ1n) is 10.4. The lowest BCUT2D eigenvalue weighted by atomic mass is 10.1. The first kappa shape index (κ1) is 25.8. The number of nitrogens with one attached hydrogen (secondary N) is 1. The number of ether oxygens (including phenoxy) is 2. The van der Waals surface area contributed by atoms with Gasteiger partial charge in [0.2, 0.25) is 0 Å². The predicted molar refractivity (Wildman–Crippen MR) is 132 cm³/mol. The third-order valence-electron chi connectivity index (χ3n) is 4.62. The third kappa shape index (κ3) is 7.06. The number of halogens is 3. The van der Waals surface area contributed by atoms with E-state index in [1.807, 2.05) is 6.07 Å². The summed E-state index contributed by atoms with van der Waals surface area (Å²) in [5, 5.41) is 12.4. The van der Waals surface area contributed by atoms with Gasteiger partial charge in [-0.2, -0.15) is 5.26 Å². The molecule has 3 aromatic rings. The number of amides is 1. The van der Waals surface area contributed by atoms with E-state index in [0.29, 0.717) is 22.4 Å². The van der Waals surface area contributed by atoms with Crippen molar-refractivity contribution in [1.29, 1.82) is 5.26 Å². The Balaban J connectivity index is 1.72. The van der Waals surface area contributed by atoms with Crippen LogP contribution >= 0.6 is 23.2 Å². The van der Waals surface area contributed by atoms with E-state index in [4.69, 9.17) is 32.7 Å². The van der Waals surface area contributed by atoms with Gasteiger partial charge in [0.05, 0.1) is 22.2 Å². The highest BCUT2D eigenvalue weighted by atomic mass is 35.5. The molecule has 1 amide bonds. The van der Waals surface area contributed by atoms with Gasteiger partial charge in [0.1, 0.15) is 24.1 Å². The van der Waals surface area contributed by atoms with Gasteiger partial charge >= 0.3 is 5.97 Å². The van der Waals surface area contributed by atoms with Crippen LogP contribution in [0.1, 0.15) is 28.4 Å². The lowest BCUT2D eigenvalue weighted by Gasteiger charge is -2.11. The van der Waals surface area contributed by atoms with E-state index in [1.165, 1.54) is 54.6 Å². The Morgan fingerprint density at radius 2 is 1.77 bits per heavy atom. The van der Waals surface area contributed by atoms with Crippen LogP contribution in [0.15, 0.2) is 66.2 Å². The SMILES string of the molecule is CCOC(=O)c1ccc(NC(=O)/C(C#N)=C/c2cc(Cl)c(OCc3cccc(F)c3)c(Cl)c2)cc1. The average molecular weight is 513 g/mol. The van der Waals surface area contributed by atoms with Crippen LogP contribution in [0.5, 0.6) is 5.75 Å². The molecule has 0 spiro atoms. The van der Waals surface area contributed by atoms with E-state index in [2.05, 4.69) is 5.32 Å². The van der Waals surface area contributed by atoms with E-state index in [0.717, 1.165) is 0 Å². The molecule has 0 radical (unpaired) electrons. The monoisotopic (exact) mass is 512 g/mol. The van der Waals surface area contributed by atoms with Crippen molar-refractivity contribution < 1.29 is 23.5 Å². The van der Waals surface area contributed by atoms with Gasteiger partial charge < -0.3 is 14.8 Å². The molecule has 3 aromatic carbocycles. The second-order valence-corrected chi connectivity index (χ2v) is 7.97. The number of nitriles is 1. The molecule has 0 atom stereocenters. The number of hydrogen-bond donors (Lipinski definition) is 1. The normalized spacial score (nSPS) is 10.9. The predicted octanol–water partition coefficient (Wildman–Crippen LogP) is 6.43. The number of carbonyl (C=O) groups is 2. The van der Waals surface area contributed by atoms with Crippen LogP contribution in [0.4, 0.5) is 10.1 Å². The van der Waals surface area contributed by atoms with Crippen molar-refractivity contribution in [2.75, 3.05) is 11.9 Å². The van der Waals surface area contributed by atoms with E-state index in [9.17, 15) is 19.2 Å². The summed E-state index contributed by atoms with van der Waals surface area (Å²) in [4.78, 5) is 24.3. The number of benzene rings is 3. The summed E-state index contributed by atoms with van der Waals surface area (Å²) in [5.74, 6) is -1.32. The van der Waals surface area contributed by atoms with Gasteiger partial charge in [0, 0.05) is 5.69 Å². The Morgan fingerprint density at radius 3 is 2.37 bits per heavy atom. The summed E-state index contributed by atoms with van der Waals surface area (Å²) in [5.41, 5.74) is 1.54. The summed E-state index contributed by atoms with van der Waals surface area (Å²) in [6, 6.07) is 16.8. The fourth-order valence-electron chi connectivity index (χ4n) is 3.00. The van der Waals surface area contributed by atoms with Crippen molar-refractivity contribution in [3.63, 3.8) is 0 Å². The highest BCUT2D eigenvalue weighted by molar-refractivity contribution is 6.37. The van der Waals surface area contributed by atoms with Gasteiger partial charge in [-0.05, 0) is 72.7 Å². The number of anilines is 1. The van der Waals surface area contributed by atoms with Gasteiger partial charge in [-0.25, -0.2) is 9.18 Å². The Kier molecular flexibility index (Phi) is 8.85. The molecule has 0 fully saturated rings. The number of esters is 1. The van der Waals surface area contributed by atoms with Gasteiger partial charge in [-0.3, -0.25) is 4.79 Å². The molecule has 1 N–H and O–H groups in total. The Labute approximate surface area is 211 Å². The zero-order valence-electron chi connectivity index (χ0n) is 18.5. The molecule has 0 aliphatic heterocycles. The number of hydrogen-bond acceptors (Lipinski definition) is 5. The summed E-state index contributed by atoms with van der Waals surface area (Å²) >= 11 is 12.6. The molecule has 6 nitrogen and oxygen atoms in total. The van der Waals surface area contributed by atoms with Crippen molar-refractivity contribution in [3.8, 4) is 11.8 Å². The number of rotatable bonds is 8. The smallest absolute Gasteiger partial charge is 0.338 e. The van der Waals surface area contributed by atoms with Crippen molar-refractivity contribution in [1.82, 2.24) is 0 Å². The highest BCUT2D eigenvalue weighted by Gasteiger charge is 2.14. The molecule has 0 saturated carbocycles. The van der Waals surface area contributed by atoms with Crippen molar-refractivity contribution >= 4 is 46.8 Å². The van der Waals surface area contributed by atoms with Crippen LogP contribution in [-0.2, 0) is 16.1 Å². The lowest BCUT2D eigenvalue weighted by Crippen LogP contribution is -2.13. The minimum absolute atomic E-state index is 0.0488. The zero-order chi connectivity index (χ0) is 25.4. The third-order valence-corrected chi connectivity index (χ3v) is 5.18. The quantitative estimate of drug-likeness (QED) is 0.213. The first-order chi connectivity index (χ1) is 16.8. The van der Waals surface area contributed by atoms with E-state index in [-0.39, 0.29) is 40.4 Å². The van der Waals surface area contributed by atoms with E-state index >= 15 is 0 Å². The minimum Gasteiger partial charge on any atom is -0.486 e. The molecule has 35 heavy (non-hydrogen) atoms. The molecule has 0 saturated heterocycles. The molecule has 3 rings (SSSR count). The molecule has 0 aromatic heterocycles. The van der Waals surface area contributed by atoms with E-state index in [1.54, 1.807) is 19.1 Å². The zero-order valence-corrected chi connectivity index (χ0v) is 20.0. The molecule has 0 aliphatic rings. The van der Waals surface area contributed by atoms with Gasteiger partial charge in [0.15, 0.2) is 5.75 Å². The summed E-state index contributed by atoms with van der Waals surface area (Å²) < 4.78 is 23.9. The van der Waals surface area contributed by atoms with Crippen LogP contribution < -0.4 is 10.1 Å². The van der Waals surface area contributed by atoms with Crippen molar-refractivity contribution in [3.05, 3.63) is 98.8 Å². The highest BCUT2D eigenvalue weighted by Crippen LogP contribution is 2.35.